The number of H-pyrrole nitrogens is 1. The van der Waals surface area contributed by atoms with Crippen LogP contribution in [0.3, 0.4) is 0 Å². The Labute approximate surface area is 122 Å². The molecular formula is C15H19N3O3. The van der Waals surface area contributed by atoms with Crippen molar-refractivity contribution in [1.82, 2.24) is 10.3 Å². The van der Waals surface area contributed by atoms with Crippen LogP contribution in [0.5, 0.6) is 0 Å². The second kappa shape index (κ2) is 6.90. The average Bonchev–Trinajstić information content (AvgIpc) is 2.84. The van der Waals surface area contributed by atoms with Crippen molar-refractivity contribution in [2.45, 2.75) is 25.3 Å². The number of benzene rings is 1. The number of hydrogen-bond acceptors (Lipinski definition) is 3. The van der Waals surface area contributed by atoms with E-state index in [1.807, 2.05) is 24.3 Å². The van der Waals surface area contributed by atoms with Crippen LogP contribution in [0, 0.1) is 0 Å². The van der Waals surface area contributed by atoms with Gasteiger partial charge in [0.25, 0.3) is 0 Å². The second-order valence-electron chi connectivity index (χ2n) is 4.98. The molecule has 0 saturated heterocycles. The highest BCUT2D eigenvalue weighted by atomic mass is 16.4. The van der Waals surface area contributed by atoms with Crippen molar-refractivity contribution >= 4 is 22.8 Å². The summed E-state index contributed by atoms with van der Waals surface area (Å²) >= 11 is 0. The van der Waals surface area contributed by atoms with Crippen LogP contribution in [-0.4, -0.2) is 34.6 Å². The number of fused-ring (bicyclic) bond motifs is 1. The molecule has 0 aliphatic rings. The average molecular weight is 289 g/mol. The molecule has 0 radical (unpaired) electrons. The number of hydrogen-bond donors (Lipinski definition) is 4. The first kappa shape index (κ1) is 15.1. The number of carboxylic acids is 1. The van der Waals surface area contributed by atoms with Gasteiger partial charge in [-0.3, -0.25) is 9.59 Å². The molecule has 2 aromatic rings. The van der Waals surface area contributed by atoms with E-state index in [1.54, 1.807) is 0 Å². The van der Waals surface area contributed by atoms with Crippen LogP contribution in [0.25, 0.3) is 10.9 Å². The van der Waals surface area contributed by atoms with Crippen molar-refractivity contribution in [2.75, 3.05) is 6.54 Å². The highest BCUT2D eigenvalue weighted by molar-refractivity contribution is 5.80. The van der Waals surface area contributed by atoms with Gasteiger partial charge in [0.05, 0.1) is 0 Å². The van der Waals surface area contributed by atoms with E-state index in [0.29, 0.717) is 13.0 Å². The minimum Gasteiger partial charge on any atom is -0.480 e. The van der Waals surface area contributed by atoms with Gasteiger partial charge in [-0.2, -0.15) is 0 Å². The quantitative estimate of drug-likeness (QED) is 0.581. The van der Waals surface area contributed by atoms with E-state index in [0.717, 1.165) is 16.6 Å². The molecule has 0 aliphatic carbocycles. The van der Waals surface area contributed by atoms with Gasteiger partial charge in [-0.25, -0.2) is 0 Å². The summed E-state index contributed by atoms with van der Waals surface area (Å²) in [4.78, 5) is 25.1. The molecule has 6 nitrogen and oxygen atoms in total. The number of carboxylic acid groups (broad SMARTS) is 1. The Balaban J connectivity index is 1.86. The largest absolute Gasteiger partial charge is 0.480 e. The lowest BCUT2D eigenvalue weighted by Gasteiger charge is -2.13. The molecule has 0 unspecified atom stereocenters. The van der Waals surface area contributed by atoms with Crippen molar-refractivity contribution in [1.29, 1.82) is 0 Å². The highest BCUT2D eigenvalue weighted by Crippen LogP contribution is 2.14. The van der Waals surface area contributed by atoms with Gasteiger partial charge in [0.2, 0.25) is 5.91 Å². The molecule has 1 heterocycles. The van der Waals surface area contributed by atoms with Gasteiger partial charge in [-0.1, -0.05) is 18.2 Å². The number of aliphatic carboxylic acids is 1. The van der Waals surface area contributed by atoms with Gasteiger partial charge in [0.15, 0.2) is 0 Å². The molecule has 1 aromatic heterocycles. The number of rotatable bonds is 8. The summed E-state index contributed by atoms with van der Waals surface area (Å²) in [5.41, 5.74) is 7.15. The third-order valence-corrected chi connectivity index (χ3v) is 3.35. The summed E-state index contributed by atoms with van der Waals surface area (Å²) in [6, 6.07) is 9.26. The lowest BCUT2D eigenvalue weighted by molar-refractivity contribution is -0.139. The Kier molecular flexibility index (Phi) is 4.94. The maximum absolute atomic E-state index is 11.1. The summed E-state index contributed by atoms with van der Waals surface area (Å²) in [6.45, 7) is 0.516. The number of carbonyl (C=O) groups is 2. The van der Waals surface area contributed by atoms with Crippen LogP contribution in [0.15, 0.2) is 30.3 Å². The van der Waals surface area contributed by atoms with Gasteiger partial charge in [-0.15, -0.1) is 0 Å². The third kappa shape index (κ3) is 4.32. The summed E-state index contributed by atoms with van der Waals surface area (Å²) in [5.74, 6) is -1.45. The summed E-state index contributed by atoms with van der Waals surface area (Å²) in [5, 5.41) is 13.2. The molecule has 1 aromatic carbocycles. The van der Waals surface area contributed by atoms with Crippen molar-refractivity contribution in [3.63, 3.8) is 0 Å². The third-order valence-electron chi connectivity index (χ3n) is 3.35. The van der Waals surface area contributed by atoms with Crippen LogP contribution in [0.2, 0.25) is 0 Å². The molecule has 1 amide bonds. The molecule has 2 rings (SSSR count). The lowest BCUT2D eigenvalue weighted by atomic mass is 10.1. The zero-order valence-electron chi connectivity index (χ0n) is 11.6. The Hall–Kier alpha value is -2.34. The molecule has 112 valence electrons. The van der Waals surface area contributed by atoms with Gasteiger partial charge >= 0.3 is 5.97 Å². The van der Waals surface area contributed by atoms with Crippen molar-refractivity contribution < 1.29 is 14.7 Å². The van der Waals surface area contributed by atoms with Gasteiger partial charge in [0, 0.05) is 24.2 Å². The minimum atomic E-state index is -0.965. The van der Waals surface area contributed by atoms with E-state index in [9.17, 15) is 9.59 Å². The fourth-order valence-corrected chi connectivity index (χ4v) is 2.25. The van der Waals surface area contributed by atoms with Crippen LogP contribution < -0.4 is 11.1 Å². The number of aromatic amines is 1. The first-order valence-corrected chi connectivity index (χ1v) is 6.87. The van der Waals surface area contributed by atoms with Gasteiger partial charge in [0.1, 0.15) is 6.04 Å². The first-order valence-electron chi connectivity index (χ1n) is 6.87. The van der Waals surface area contributed by atoms with Gasteiger partial charge < -0.3 is 21.1 Å². The SMILES string of the molecule is NC(=O)CC[C@H](NCCc1cc2ccccc2[nH]1)C(=O)O. The summed E-state index contributed by atoms with van der Waals surface area (Å²) < 4.78 is 0. The monoisotopic (exact) mass is 289 g/mol. The maximum Gasteiger partial charge on any atom is 0.320 e. The van der Waals surface area contributed by atoms with E-state index in [1.165, 1.54) is 0 Å². The Morgan fingerprint density at radius 2 is 2.10 bits per heavy atom. The fourth-order valence-electron chi connectivity index (χ4n) is 2.25. The van der Waals surface area contributed by atoms with Gasteiger partial charge in [-0.05, 0) is 30.4 Å². The highest BCUT2D eigenvalue weighted by Gasteiger charge is 2.17. The van der Waals surface area contributed by atoms with Crippen LogP contribution in [0.4, 0.5) is 0 Å². The molecular weight excluding hydrogens is 270 g/mol. The maximum atomic E-state index is 11.1. The Morgan fingerprint density at radius 3 is 2.76 bits per heavy atom. The molecule has 0 bridgehead atoms. The van der Waals surface area contributed by atoms with E-state index >= 15 is 0 Å². The Bertz CT molecular complexity index is 603. The number of nitrogens with two attached hydrogens (primary N) is 1. The Morgan fingerprint density at radius 1 is 1.33 bits per heavy atom. The molecule has 0 fully saturated rings. The molecule has 0 spiro atoms. The number of primary amides is 1. The van der Waals surface area contributed by atoms with Crippen LogP contribution in [-0.2, 0) is 16.0 Å². The molecule has 1 atom stereocenters. The first-order chi connectivity index (χ1) is 10.1. The van der Waals surface area contributed by atoms with Crippen LogP contribution >= 0.6 is 0 Å². The number of carbonyl (C=O) groups excluding carboxylic acids is 1. The number of amides is 1. The topological polar surface area (TPSA) is 108 Å². The predicted molar refractivity (Wildman–Crippen MR) is 79.9 cm³/mol. The smallest absolute Gasteiger partial charge is 0.320 e. The number of nitrogens with one attached hydrogen (secondary N) is 2. The fraction of sp³-hybridized carbons (Fsp3) is 0.333. The minimum absolute atomic E-state index is 0.0658. The zero-order chi connectivity index (χ0) is 15.2. The molecule has 5 N–H and O–H groups in total. The molecule has 0 saturated carbocycles. The van der Waals surface area contributed by atoms with E-state index in [-0.39, 0.29) is 12.8 Å². The normalized spacial score (nSPS) is 12.4. The molecule has 6 heteroatoms. The lowest BCUT2D eigenvalue weighted by Crippen LogP contribution is -2.38. The predicted octanol–water partition coefficient (Wildman–Crippen LogP) is 1.02. The second-order valence-corrected chi connectivity index (χ2v) is 4.98. The number of aromatic nitrogens is 1. The standard InChI is InChI=1S/C15H19N3O3/c16-14(19)6-5-13(15(20)21)17-8-7-11-9-10-3-1-2-4-12(10)18-11/h1-4,9,13,17-18H,5-8H2,(H2,16,19)(H,20,21)/t13-/m0/s1. The van der Waals surface area contributed by atoms with E-state index < -0.39 is 17.9 Å². The van der Waals surface area contributed by atoms with E-state index in [2.05, 4.69) is 16.4 Å². The van der Waals surface area contributed by atoms with Crippen LogP contribution in [0.1, 0.15) is 18.5 Å². The van der Waals surface area contributed by atoms with Crippen molar-refractivity contribution in [2.24, 2.45) is 5.73 Å². The summed E-state index contributed by atoms with van der Waals surface area (Å²) in [6.07, 6.45) is 0.961. The van der Waals surface area contributed by atoms with Crippen molar-refractivity contribution in [3.8, 4) is 0 Å². The zero-order valence-corrected chi connectivity index (χ0v) is 11.6. The van der Waals surface area contributed by atoms with Crippen molar-refractivity contribution in [3.05, 3.63) is 36.0 Å². The van der Waals surface area contributed by atoms with E-state index in [4.69, 9.17) is 10.8 Å². The summed E-state index contributed by atoms with van der Waals surface area (Å²) in [7, 11) is 0. The number of para-hydroxylation sites is 1. The molecule has 0 aliphatic heterocycles. The molecule has 21 heavy (non-hydrogen) atoms.